The summed E-state index contributed by atoms with van der Waals surface area (Å²) in [5, 5.41) is 8.82. The van der Waals surface area contributed by atoms with Gasteiger partial charge in [-0.2, -0.15) is 18.3 Å². The Morgan fingerprint density at radius 1 is 1.31 bits per heavy atom. The Kier molecular flexibility index (Phi) is 5.15. The molecule has 0 bridgehead atoms. The van der Waals surface area contributed by atoms with Gasteiger partial charge in [-0.15, -0.1) is 0 Å². The summed E-state index contributed by atoms with van der Waals surface area (Å²) in [6, 6.07) is -0.235. The van der Waals surface area contributed by atoms with Gasteiger partial charge in [0.15, 0.2) is 6.04 Å². The number of carbonyl (C=O) groups is 1. The molecule has 26 heavy (non-hydrogen) atoms. The van der Waals surface area contributed by atoms with Gasteiger partial charge in [0.25, 0.3) is 0 Å². The fourth-order valence-electron chi connectivity index (χ4n) is 3.21. The number of aromatic nitrogens is 3. The van der Waals surface area contributed by atoms with Gasteiger partial charge in [0.1, 0.15) is 5.82 Å². The quantitative estimate of drug-likeness (QED) is 0.854. The molecular weight excluding hydrogens is 347 g/mol. The Bertz CT molecular complexity index is 754. The monoisotopic (exact) mass is 367 g/mol. The fraction of sp³-hybridized carbons (Fsp3) is 0.471. The molecule has 2 amide bonds. The van der Waals surface area contributed by atoms with Crippen molar-refractivity contribution in [2.24, 2.45) is 0 Å². The maximum absolute atomic E-state index is 13.4. The average molecular weight is 367 g/mol. The number of halogens is 3. The Morgan fingerprint density at radius 3 is 2.65 bits per heavy atom. The van der Waals surface area contributed by atoms with Crippen LogP contribution in [0.15, 0.2) is 30.7 Å². The van der Waals surface area contributed by atoms with Crippen molar-refractivity contribution >= 4 is 11.8 Å². The Balaban J connectivity index is 1.76. The Morgan fingerprint density at radius 2 is 2.04 bits per heavy atom. The SMILES string of the molecule is Cc1cnn(C2CCCC2)c1NC(=O)N[C@@H](c1cccnc1)C(F)(F)F. The van der Waals surface area contributed by atoms with E-state index < -0.39 is 18.2 Å². The summed E-state index contributed by atoms with van der Waals surface area (Å²) in [5.74, 6) is 0.432. The summed E-state index contributed by atoms with van der Waals surface area (Å²) >= 11 is 0. The molecule has 9 heteroatoms. The van der Waals surface area contributed by atoms with E-state index in [2.05, 4.69) is 15.4 Å². The van der Waals surface area contributed by atoms with Crippen LogP contribution >= 0.6 is 0 Å². The minimum atomic E-state index is -4.64. The number of hydrogen-bond acceptors (Lipinski definition) is 3. The van der Waals surface area contributed by atoms with E-state index in [0.29, 0.717) is 11.4 Å². The highest BCUT2D eigenvalue weighted by Crippen LogP contribution is 2.34. The third-order valence-electron chi connectivity index (χ3n) is 4.50. The van der Waals surface area contributed by atoms with Crippen molar-refractivity contribution in [2.45, 2.75) is 50.9 Å². The summed E-state index contributed by atoms with van der Waals surface area (Å²) in [6.07, 6.45) is 3.47. The molecule has 1 aliphatic rings. The number of urea groups is 1. The van der Waals surface area contributed by atoms with Crippen LogP contribution in [-0.2, 0) is 0 Å². The van der Waals surface area contributed by atoms with Crippen molar-refractivity contribution in [2.75, 3.05) is 5.32 Å². The minimum absolute atomic E-state index is 0.129. The second-order valence-corrected chi connectivity index (χ2v) is 6.42. The first kappa shape index (κ1) is 18.2. The molecule has 2 aromatic heterocycles. The van der Waals surface area contributed by atoms with Crippen LogP contribution < -0.4 is 10.6 Å². The first-order chi connectivity index (χ1) is 12.4. The number of nitrogens with one attached hydrogen (secondary N) is 2. The van der Waals surface area contributed by atoms with E-state index in [9.17, 15) is 18.0 Å². The lowest BCUT2D eigenvalue weighted by atomic mass is 10.1. The molecule has 2 heterocycles. The molecule has 0 aromatic carbocycles. The molecule has 0 saturated heterocycles. The zero-order valence-corrected chi connectivity index (χ0v) is 14.3. The summed E-state index contributed by atoms with van der Waals surface area (Å²) < 4.78 is 41.8. The van der Waals surface area contributed by atoms with Gasteiger partial charge < -0.3 is 5.32 Å². The number of pyridine rings is 1. The molecule has 1 saturated carbocycles. The van der Waals surface area contributed by atoms with Crippen molar-refractivity contribution in [1.82, 2.24) is 20.1 Å². The van der Waals surface area contributed by atoms with E-state index in [-0.39, 0.29) is 11.6 Å². The van der Waals surface area contributed by atoms with E-state index in [4.69, 9.17) is 0 Å². The standard InChI is InChI=1S/C17H20F3N5O/c1-11-9-22-25(13-6-2-3-7-13)15(11)24-16(26)23-14(17(18,19)20)12-5-4-8-21-10-12/h4-5,8-10,13-14H,2-3,6-7H2,1H3,(H2,23,24,26)/t14-/m0/s1. The molecule has 1 fully saturated rings. The van der Waals surface area contributed by atoms with E-state index >= 15 is 0 Å². The van der Waals surface area contributed by atoms with Crippen molar-refractivity contribution in [3.05, 3.63) is 41.9 Å². The van der Waals surface area contributed by atoms with Crippen molar-refractivity contribution in [1.29, 1.82) is 0 Å². The number of aryl methyl sites for hydroxylation is 1. The van der Waals surface area contributed by atoms with Crippen molar-refractivity contribution in [3.8, 4) is 0 Å². The fourth-order valence-corrected chi connectivity index (χ4v) is 3.21. The van der Waals surface area contributed by atoms with Gasteiger partial charge in [0.05, 0.1) is 12.2 Å². The molecule has 0 spiro atoms. The van der Waals surface area contributed by atoms with E-state index in [1.807, 2.05) is 5.32 Å². The molecule has 6 nitrogen and oxygen atoms in total. The molecule has 2 aromatic rings. The van der Waals surface area contributed by atoms with E-state index in [0.717, 1.165) is 31.9 Å². The number of nitrogens with zero attached hydrogens (tertiary/aromatic N) is 3. The van der Waals surface area contributed by atoms with Crippen LogP contribution in [0.2, 0.25) is 0 Å². The van der Waals surface area contributed by atoms with Crippen LogP contribution in [0.1, 0.15) is 48.9 Å². The van der Waals surface area contributed by atoms with Gasteiger partial charge in [0.2, 0.25) is 0 Å². The molecule has 2 N–H and O–H groups in total. The molecule has 0 radical (unpaired) electrons. The second kappa shape index (κ2) is 7.35. The van der Waals surface area contributed by atoms with Gasteiger partial charge in [-0.3, -0.25) is 10.3 Å². The third kappa shape index (κ3) is 3.97. The lowest BCUT2D eigenvalue weighted by molar-refractivity contribution is -0.154. The van der Waals surface area contributed by atoms with Gasteiger partial charge in [-0.05, 0) is 25.8 Å². The number of anilines is 1. The summed E-state index contributed by atoms with van der Waals surface area (Å²) in [7, 11) is 0. The topological polar surface area (TPSA) is 71.8 Å². The van der Waals surface area contributed by atoms with Crippen molar-refractivity contribution in [3.63, 3.8) is 0 Å². The molecule has 1 atom stereocenters. The second-order valence-electron chi connectivity index (χ2n) is 6.42. The van der Waals surface area contributed by atoms with Gasteiger partial charge >= 0.3 is 12.2 Å². The Labute approximate surface area is 148 Å². The number of hydrogen-bond donors (Lipinski definition) is 2. The van der Waals surface area contributed by atoms with Gasteiger partial charge in [-0.1, -0.05) is 18.9 Å². The van der Waals surface area contributed by atoms with Crippen LogP contribution in [0.25, 0.3) is 0 Å². The largest absolute Gasteiger partial charge is 0.412 e. The predicted molar refractivity (Wildman–Crippen MR) is 89.7 cm³/mol. The molecule has 140 valence electrons. The van der Waals surface area contributed by atoms with E-state index in [1.165, 1.54) is 18.3 Å². The summed E-state index contributed by atoms with van der Waals surface area (Å²) in [4.78, 5) is 16.0. The minimum Gasteiger partial charge on any atom is -0.322 e. The lowest BCUT2D eigenvalue weighted by Gasteiger charge is -2.22. The van der Waals surface area contributed by atoms with Crippen LogP contribution in [0.4, 0.5) is 23.8 Å². The predicted octanol–water partition coefficient (Wildman–Crippen LogP) is 4.13. The molecule has 1 aliphatic carbocycles. The number of carbonyl (C=O) groups excluding carboxylic acids is 1. The molecular formula is C17H20F3N5O. The highest BCUT2D eigenvalue weighted by Gasteiger charge is 2.42. The molecule has 0 aliphatic heterocycles. The first-order valence-corrected chi connectivity index (χ1v) is 8.44. The maximum atomic E-state index is 13.4. The number of alkyl halides is 3. The number of amides is 2. The molecule has 3 rings (SSSR count). The van der Waals surface area contributed by atoms with Crippen molar-refractivity contribution < 1.29 is 18.0 Å². The van der Waals surface area contributed by atoms with Crippen LogP contribution in [-0.4, -0.2) is 27.0 Å². The smallest absolute Gasteiger partial charge is 0.322 e. The van der Waals surface area contributed by atoms with Gasteiger partial charge in [0, 0.05) is 23.5 Å². The van der Waals surface area contributed by atoms with Crippen LogP contribution in [0, 0.1) is 6.92 Å². The normalized spacial score (nSPS) is 16.5. The lowest BCUT2D eigenvalue weighted by Crippen LogP contribution is -2.41. The Hall–Kier alpha value is -2.58. The highest BCUT2D eigenvalue weighted by molar-refractivity contribution is 5.89. The van der Waals surface area contributed by atoms with E-state index in [1.54, 1.807) is 17.8 Å². The zero-order chi connectivity index (χ0) is 18.7. The first-order valence-electron chi connectivity index (χ1n) is 8.44. The summed E-state index contributed by atoms with van der Waals surface area (Å²) in [6.45, 7) is 1.76. The maximum Gasteiger partial charge on any atom is 0.412 e. The average Bonchev–Trinajstić information content (AvgIpc) is 3.23. The highest BCUT2D eigenvalue weighted by atomic mass is 19.4. The van der Waals surface area contributed by atoms with Crippen LogP contribution in [0.3, 0.4) is 0 Å². The third-order valence-corrected chi connectivity index (χ3v) is 4.50. The van der Waals surface area contributed by atoms with Gasteiger partial charge in [-0.25, -0.2) is 9.48 Å². The number of rotatable bonds is 4. The van der Waals surface area contributed by atoms with Crippen LogP contribution in [0.5, 0.6) is 0 Å². The zero-order valence-electron chi connectivity index (χ0n) is 14.3. The molecule has 0 unspecified atom stereocenters. The summed E-state index contributed by atoms with van der Waals surface area (Å²) in [5.41, 5.74) is 0.577.